The molecule has 5 nitrogen and oxygen atoms in total. The Labute approximate surface area is 101 Å². The maximum atomic E-state index is 10.8. The summed E-state index contributed by atoms with van der Waals surface area (Å²) in [7, 11) is 0. The zero-order valence-corrected chi connectivity index (χ0v) is 9.40. The Bertz CT molecular complexity index is 587. The fraction of sp³-hybridized carbons (Fsp3) is 0. The van der Waals surface area contributed by atoms with Crippen molar-refractivity contribution in [2.45, 2.75) is 0 Å². The third-order valence-electron chi connectivity index (χ3n) is 2.12. The van der Waals surface area contributed by atoms with Gasteiger partial charge in [0.2, 0.25) is 0 Å². The first kappa shape index (κ1) is 11.1. The van der Waals surface area contributed by atoms with Crippen LogP contribution in [-0.2, 0) is 0 Å². The number of anilines is 2. The molecule has 0 spiro atoms. The first-order valence-corrected chi connectivity index (χ1v) is 5.63. The van der Waals surface area contributed by atoms with Crippen molar-refractivity contribution in [1.82, 2.24) is 0 Å². The molecule has 0 unspecified atom stereocenters. The lowest BCUT2D eigenvalue weighted by Gasteiger charge is -2.03. The van der Waals surface area contributed by atoms with Crippen LogP contribution < -0.4 is 5.32 Å². The van der Waals surface area contributed by atoms with E-state index >= 15 is 0 Å². The van der Waals surface area contributed by atoms with Gasteiger partial charge in [0.25, 0.3) is 5.69 Å². The number of nitrogens with one attached hydrogen (secondary N) is 1. The summed E-state index contributed by atoms with van der Waals surface area (Å²) in [6, 6.07) is 8.10. The van der Waals surface area contributed by atoms with Crippen LogP contribution in [0.25, 0.3) is 0 Å². The normalized spacial score (nSPS) is 9.59. The number of nitrogens with zero attached hydrogens (tertiary/aromatic N) is 2. The molecular formula is C11H7N3O2S. The lowest BCUT2D eigenvalue weighted by atomic mass is 10.2. The largest absolute Gasteiger partial charge is 0.355 e. The highest BCUT2D eigenvalue weighted by molar-refractivity contribution is 7.08. The van der Waals surface area contributed by atoms with Gasteiger partial charge in [0, 0.05) is 22.8 Å². The standard InChI is InChI=1S/C11H7N3O2S/c12-6-8-1-2-9(5-11(8)14(15)16)13-10-3-4-17-7-10/h1-5,7,13H. The Morgan fingerprint density at radius 1 is 1.35 bits per heavy atom. The Balaban J connectivity index is 2.35. The molecule has 6 heteroatoms. The second-order valence-corrected chi connectivity index (χ2v) is 4.02. The van der Waals surface area contributed by atoms with E-state index in [1.54, 1.807) is 12.1 Å². The molecule has 1 N–H and O–H groups in total. The average Bonchev–Trinajstić information content (AvgIpc) is 2.81. The highest BCUT2D eigenvalue weighted by Gasteiger charge is 2.14. The minimum atomic E-state index is -0.558. The number of rotatable bonds is 3. The van der Waals surface area contributed by atoms with Crippen molar-refractivity contribution in [2.24, 2.45) is 0 Å². The number of thiophene rings is 1. The molecule has 0 radical (unpaired) electrons. The molecule has 2 aromatic rings. The number of hydrogen-bond donors (Lipinski definition) is 1. The molecular weight excluding hydrogens is 238 g/mol. The molecule has 0 aliphatic heterocycles. The SMILES string of the molecule is N#Cc1ccc(Nc2ccsc2)cc1[N+](=O)[O-]. The lowest BCUT2D eigenvalue weighted by Crippen LogP contribution is -1.95. The van der Waals surface area contributed by atoms with E-state index in [0.717, 1.165) is 5.69 Å². The highest BCUT2D eigenvalue weighted by atomic mass is 32.1. The predicted molar refractivity (Wildman–Crippen MR) is 65.4 cm³/mol. The van der Waals surface area contributed by atoms with Crippen LogP contribution in [-0.4, -0.2) is 4.92 Å². The second-order valence-electron chi connectivity index (χ2n) is 3.24. The molecule has 0 amide bonds. The average molecular weight is 245 g/mol. The molecule has 1 heterocycles. The number of nitro benzene ring substituents is 1. The van der Waals surface area contributed by atoms with Crippen LogP contribution in [0.4, 0.5) is 17.1 Å². The van der Waals surface area contributed by atoms with Gasteiger partial charge in [-0.3, -0.25) is 10.1 Å². The minimum absolute atomic E-state index is 0.0610. The van der Waals surface area contributed by atoms with E-state index in [9.17, 15) is 10.1 Å². The first-order chi connectivity index (χ1) is 8.20. The van der Waals surface area contributed by atoms with E-state index < -0.39 is 4.92 Å². The van der Waals surface area contributed by atoms with E-state index in [1.165, 1.54) is 23.5 Å². The van der Waals surface area contributed by atoms with Crippen LogP contribution in [0.2, 0.25) is 0 Å². The third kappa shape index (κ3) is 2.41. The molecule has 2 rings (SSSR count). The summed E-state index contributed by atoms with van der Waals surface area (Å²) in [4.78, 5) is 10.2. The lowest BCUT2D eigenvalue weighted by molar-refractivity contribution is -0.385. The van der Waals surface area contributed by atoms with Gasteiger partial charge >= 0.3 is 0 Å². The molecule has 17 heavy (non-hydrogen) atoms. The number of hydrogen-bond acceptors (Lipinski definition) is 5. The van der Waals surface area contributed by atoms with Crippen LogP contribution in [0.15, 0.2) is 35.0 Å². The van der Waals surface area contributed by atoms with Crippen molar-refractivity contribution in [2.75, 3.05) is 5.32 Å². The summed E-state index contributed by atoms with van der Waals surface area (Å²) in [6.45, 7) is 0. The van der Waals surface area contributed by atoms with Gasteiger partial charge in [0.15, 0.2) is 0 Å². The van der Waals surface area contributed by atoms with Gasteiger partial charge in [-0.1, -0.05) is 0 Å². The smallest absolute Gasteiger partial charge is 0.289 e. The fourth-order valence-electron chi connectivity index (χ4n) is 1.36. The Kier molecular flexibility index (Phi) is 3.03. The van der Waals surface area contributed by atoms with Crippen LogP contribution in [0, 0.1) is 21.4 Å². The van der Waals surface area contributed by atoms with Gasteiger partial charge in [-0.15, -0.1) is 0 Å². The van der Waals surface area contributed by atoms with E-state index in [1.807, 2.05) is 16.8 Å². The van der Waals surface area contributed by atoms with E-state index in [2.05, 4.69) is 5.32 Å². The Morgan fingerprint density at radius 3 is 2.76 bits per heavy atom. The summed E-state index contributed by atoms with van der Waals surface area (Å²) >= 11 is 1.53. The van der Waals surface area contributed by atoms with Gasteiger partial charge in [-0.25, -0.2) is 0 Å². The number of nitro groups is 1. The van der Waals surface area contributed by atoms with Crippen molar-refractivity contribution in [3.63, 3.8) is 0 Å². The predicted octanol–water partition coefficient (Wildman–Crippen LogP) is 3.27. The maximum absolute atomic E-state index is 10.8. The fourth-order valence-corrected chi connectivity index (χ4v) is 1.95. The second kappa shape index (κ2) is 4.63. The zero-order chi connectivity index (χ0) is 12.3. The van der Waals surface area contributed by atoms with Crippen LogP contribution in [0.5, 0.6) is 0 Å². The van der Waals surface area contributed by atoms with Crippen molar-refractivity contribution in [1.29, 1.82) is 5.26 Å². The van der Waals surface area contributed by atoms with Crippen LogP contribution >= 0.6 is 11.3 Å². The number of benzene rings is 1. The van der Waals surface area contributed by atoms with Crippen molar-refractivity contribution >= 4 is 28.4 Å². The third-order valence-corrected chi connectivity index (χ3v) is 2.81. The van der Waals surface area contributed by atoms with E-state index in [0.29, 0.717) is 5.69 Å². The van der Waals surface area contributed by atoms with Crippen LogP contribution in [0.1, 0.15) is 5.56 Å². The summed E-state index contributed by atoms with van der Waals surface area (Å²) in [5.74, 6) is 0. The maximum Gasteiger partial charge on any atom is 0.289 e. The molecule has 1 aromatic heterocycles. The summed E-state index contributed by atoms with van der Waals surface area (Å²) in [5, 5.41) is 26.3. The molecule has 0 bridgehead atoms. The molecule has 0 aliphatic rings. The van der Waals surface area contributed by atoms with Gasteiger partial charge in [-0.05, 0) is 23.6 Å². The van der Waals surface area contributed by atoms with Gasteiger partial charge in [-0.2, -0.15) is 16.6 Å². The molecule has 0 fully saturated rings. The van der Waals surface area contributed by atoms with Gasteiger partial charge in [0.05, 0.1) is 4.92 Å². The molecule has 0 saturated heterocycles. The molecule has 0 atom stereocenters. The van der Waals surface area contributed by atoms with Gasteiger partial charge < -0.3 is 5.32 Å². The van der Waals surface area contributed by atoms with Gasteiger partial charge in [0.1, 0.15) is 11.6 Å². The monoisotopic (exact) mass is 245 g/mol. The van der Waals surface area contributed by atoms with Crippen molar-refractivity contribution in [3.05, 3.63) is 50.7 Å². The summed E-state index contributed by atoms with van der Waals surface area (Å²) < 4.78 is 0. The van der Waals surface area contributed by atoms with E-state index in [-0.39, 0.29) is 11.3 Å². The summed E-state index contributed by atoms with van der Waals surface area (Å²) in [6.07, 6.45) is 0. The van der Waals surface area contributed by atoms with Crippen LogP contribution in [0.3, 0.4) is 0 Å². The summed E-state index contributed by atoms with van der Waals surface area (Å²) in [5.41, 5.74) is 1.33. The first-order valence-electron chi connectivity index (χ1n) is 4.68. The quantitative estimate of drug-likeness (QED) is 0.664. The van der Waals surface area contributed by atoms with Crippen molar-refractivity contribution in [3.8, 4) is 6.07 Å². The zero-order valence-electron chi connectivity index (χ0n) is 8.58. The number of nitriles is 1. The Hall–Kier alpha value is -2.39. The minimum Gasteiger partial charge on any atom is -0.355 e. The molecule has 0 aliphatic carbocycles. The molecule has 84 valence electrons. The molecule has 1 aromatic carbocycles. The van der Waals surface area contributed by atoms with E-state index in [4.69, 9.17) is 5.26 Å². The van der Waals surface area contributed by atoms with Crippen molar-refractivity contribution < 1.29 is 4.92 Å². The highest BCUT2D eigenvalue weighted by Crippen LogP contribution is 2.25. The topological polar surface area (TPSA) is 79.0 Å². The Morgan fingerprint density at radius 2 is 2.18 bits per heavy atom. The molecule has 0 saturated carbocycles.